The molecule has 2 aromatic heterocycles. The minimum Gasteiger partial charge on any atom is -0.456 e. The summed E-state index contributed by atoms with van der Waals surface area (Å²) in [4.78, 5) is 4.70. The molecule has 2 heterocycles. The average molecular weight is 793 g/mol. The van der Waals surface area contributed by atoms with Gasteiger partial charge in [-0.2, -0.15) is 0 Å². The highest BCUT2D eigenvalue weighted by Crippen LogP contribution is 2.45. The van der Waals surface area contributed by atoms with Crippen molar-refractivity contribution in [2.45, 2.75) is 0 Å². The predicted octanol–water partition coefficient (Wildman–Crippen LogP) is 17.0. The van der Waals surface area contributed by atoms with Gasteiger partial charge in [0.2, 0.25) is 0 Å². The van der Waals surface area contributed by atoms with E-state index >= 15 is 0 Å². The van der Waals surface area contributed by atoms with E-state index in [1.165, 1.54) is 21.5 Å². The summed E-state index contributed by atoms with van der Waals surface area (Å²) in [7, 11) is 0. The van der Waals surface area contributed by atoms with Crippen LogP contribution in [0.1, 0.15) is 0 Å². The summed E-state index contributed by atoms with van der Waals surface area (Å²) in [5, 5.41) is 13.6. The van der Waals surface area contributed by atoms with Crippen molar-refractivity contribution in [3.63, 3.8) is 0 Å². The highest BCUT2D eigenvalue weighted by molar-refractivity contribution is 6.28. The summed E-state index contributed by atoms with van der Waals surface area (Å²) in [6.45, 7) is 0. The fourth-order valence-electron chi connectivity index (χ4n) is 9.69. The minimum absolute atomic E-state index is 0.844. The summed E-state index contributed by atoms with van der Waals surface area (Å²) in [5.74, 6) is 0. The molecule has 4 nitrogen and oxygen atoms in total. The predicted molar refractivity (Wildman–Crippen MR) is 260 cm³/mol. The lowest BCUT2D eigenvalue weighted by atomic mass is 10.00. The molecule has 0 saturated heterocycles. The van der Waals surface area contributed by atoms with Crippen molar-refractivity contribution in [3.8, 4) is 0 Å². The van der Waals surface area contributed by atoms with E-state index in [1.54, 1.807) is 0 Å². The fourth-order valence-corrected chi connectivity index (χ4v) is 9.69. The van der Waals surface area contributed by atoms with Crippen molar-refractivity contribution in [2.75, 3.05) is 9.80 Å². The Bertz CT molecular complexity index is 3620. The molecule has 0 spiro atoms. The Kier molecular flexibility index (Phi) is 7.57. The third kappa shape index (κ3) is 5.40. The summed E-state index contributed by atoms with van der Waals surface area (Å²) < 4.78 is 13.4. The maximum Gasteiger partial charge on any atom is 0.136 e. The summed E-state index contributed by atoms with van der Waals surface area (Å²) in [5.41, 5.74) is 10.0. The first-order valence-corrected chi connectivity index (χ1v) is 21.1. The molecule has 0 aliphatic rings. The van der Waals surface area contributed by atoms with E-state index in [2.05, 4.69) is 216 Å². The number of nitrogens with zero attached hydrogens (tertiary/aromatic N) is 2. The SMILES string of the molecule is c1ccc(N(c2ccc3cc4c(cc3c2)oc2ccc3oc5cc6cc(N(c7ccccc7)c7cccc8ccccc78)ccc6cc5c3c24)c2cccc3ccccc23)cc1. The Morgan fingerprint density at radius 2 is 0.661 bits per heavy atom. The zero-order valence-electron chi connectivity index (χ0n) is 33.5. The molecule has 0 aliphatic carbocycles. The topological polar surface area (TPSA) is 32.8 Å². The Morgan fingerprint density at radius 3 is 1.13 bits per heavy atom. The highest BCUT2D eigenvalue weighted by Gasteiger charge is 2.21. The number of anilines is 6. The van der Waals surface area contributed by atoms with Crippen molar-refractivity contribution in [2.24, 2.45) is 0 Å². The van der Waals surface area contributed by atoms with Gasteiger partial charge in [0.15, 0.2) is 0 Å². The molecule has 4 heteroatoms. The molecule has 13 aromatic rings. The van der Waals surface area contributed by atoms with E-state index < -0.39 is 0 Å². The van der Waals surface area contributed by atoms with Gasteiger partial charge in [-0.15, -0.1) is 0 Å². The summed E-state index contributed by atoms with van der Waals surface area (Å²) in [6, 6.07) is 77.9. The van der Waals surface area contributed by atoms with E-state index in [0.29, 0.717) is 0 Å². The maximum absolute atomic E-state index is 6.70. The van der Waals surface area contributed by atoms with Gasteiger partial charge in [0, 0.05) is 55.1 Å². The molecule has 0 fully saturated rings. The van der Waals surface area contributed by atoms with Crippen LogP contribution in [0.3, 0.4) is 0 Å². The second-order valence-electron chi connectivity index (χ2n) is 16.1. The van der Waals surface area contributed by atoms with Crippen molar-refractivity contribution < 1.29 is 8.83 Å². The number of hydrogen-bond acceptors (Lipinski definition) is 4. The molecule has 0 saturated carbocycles. The van der Waals surface area contributed by atoms with Gasteiger partial charge in [-0.1, -0.05) is 121 Å². The van der Waals surface area contributed by atoms with Crippen LogP contribution >= 0.6 is 0 Å². The van der Waals surface area contributed by atoms with Gasteiger partial charge in [0.05, 0.1) is 11.4 Å². The molecule has 11 aromatic carbocycles. The van der Waals surface area contributed by atoms with Gasteiger partial charge >= 0.3 is 0 Å². The number of benzene rings is 11. The van der Waals surface area contributed by atoms with Gasteiger partial charge in [0.1, 0.15) is 22.3 Å². The van der Waals surface area contributed by atoms with Gasteiger partial charge in [-0.3, -0.25) is 0 Å². The standard InChI is InChI=1S/C58H36N2O2/c1-3-17-43(18-4-1)59(51-23-11-15-37-13-7-9-21-47(37)51)45-27-25-39-33-49-55(35-41(39)31-45)61-53-29-30-54-58(57(49)53)50-34-40-26-28-46(32-42(40)36-56(50)62-54)60(44-19-5-2-6-20-44)52-24-12-16-38-14-8-10-22-48(38)52/h1-36H. The van der Waals surface area contributed by atoms with Gasteiger partial charge in [-0.05, 0) is 129 Å². The van der Waals surface area contributed by atoms with Crippen LogP contribution in [0.5, 0.6) is 0 Å². The van der Waals surface area contributed by atoms with Gasteiger partial charge < -0.3 is 18.6 Å². The first-order valence-electron chi connectivity index (χ1n) is 21.1. The minimum atomic E-state index is 0.844. The molecule has 62 heavy (non-hydrogen) atoms. The lowest BCUT2D eigenvalue weighted by Crippen LogP contribution is -2.10. The lowest BCUT2D eigenvalue weighted by molar-refractivity contribution is 0.663. The summed E-state index contributed by atoms with van der Waals surface area (Å²) >= 11 is 0. The van der Waals surface area contributed by atoms with Crippen LogP contribution in [-0.4, -0.2) is 0 Å². The third-order valence-electron chi connectivity index (χ3n) is 12.5. The second-order valence-corrected chi connectivity index (χ2v) is 16.1. The number of para-hydroxylation sites is 2. The van der Waals surface area contributed by atoms with Crippen LogP contribution in [0.4, 0.5) is 34.1 Å². The molecule has 290 valence electrons. The average Bonchev–Trinajstić information content (AvgIpc) is 3.87. The molecular weight excluding hydrogens is 757 g/mol. The highest BCUT2D eigenvalue weighted by atomic mass is 16.3. The molecule has 13 rings (SSSR count). The fraction of sp³-hybridized carbons (Fsp3) is 0. The van der Waals surface area contributed by atoms with Crippen molar-refractivity contribution in [1.82, 2.24) is 0 Å². The third-order valence-corrected chi connectivity index (χ3v) is 12.5. The first kappa shape index (κ1) is 34.5. The Hall–Kier alpha value is -8.34. The largest absolute Gasteiger partial charge is 0.456 e. The van der Waals surface area contributed by atoms with Crippen LogP contribution in [0, 0.1) is 0 Å². The molecule has 0 radical (unpaired) electrons. The van der Waals surface area contributed by atoms with Crippen LogP contribution in [0.2, 0.25) is 0 Å². The Morgan fingerprint density at radius 1 is 0.242 bits per heavy atom. The van der Waals surface area contributed by atoms with Gasteiger partial charge in [-0.25, -0.2) is 0 Å². The van der Waals surface area contributed by atoms with Crippen molar-refractivity contribution >= 4 is 121 Å². The molecule has 0 amide bonds. The first-order chi connectivity index (χ1) is 30.7. The Labute approximate surface area is 356 Å². The normalized spacial score (nSPS) is 11.9. The van der Waals surface area contributed by atoms with E-state index in [4.69, 9.17) is 8.83 Å². The zero-order chi connectivity index (χ0) is 40.7. The molecule has 0 atom stereocenters. The van der Waals surface area contributed by atoms with Crippen LogP contribution in [0.25, 0.3) is 87.0 Å². The van der Waals surface area contributed by atoms with E-state index in [-0.39, 0.29) is 0 Å². The zero-order valence-corrected chi connectivity index (χ0v) is 33.5. The molecule has 0 N–H and O–H groups in total. The maximum atomic E-state index is 6.70. The van der Waals surface area contributed by atoms with Crippen LogP contribution in [-0.2, 0) is 0 Å². The van der Waals surface area contributed by atoms with Crippen molar-refractivity contribution in [1.29, 1.82) is 0 Å². The number of fused-ring (bicyclic) bond motifs is 11. The quantitative estimate of drug-likeness (QED) is 0.168. The number of furan rings is 2. The van der Waals surface area contributed by atoms with E-state index in [9.17, 15) is 0 Å². The van der Waals surface area contributed by atoms with Gasteiger partial charge in [0.25, 0.3) is 0 Å². The van der Waals surface area contributed by atoms with Crippen LogP contribution in [0.15, 0.2) is 227 Å². The molecule has 0 unspecified atom stereocenters. The monoisotopic (exact) mass is 792 g/mol. The smallest absolute Gasteiger partial charge is 0.136 e. The van der Waals surface area contributed by atoms with Crippen LogP contribution < -0.4 is 9.80 Å². The molecule has 0 aliphatic heterocycles. The summed E-state index contributed by atoms with van der Waals surface area (Å²) in [6.07, 6.45) is 0. The molecule has 0 bridgehead atoms. The van der Waals surface area contributed by atoms with E-state index in [1.807, 2.05) is 12.1 Å². The number of rotatable bonds is 6. The Balaban J connectivity index is 0.953. The van der Waals surface area contributed by atoms with Crippen molar-refractivity contribution in [3.05, 3.63) is 218 Å². The lowest BCUT2D eigenvalue weighted by Gasteiger charge is -2.27. The van der Waals surface area contributed by atoms with E-state index in [0.717, 1.165) is 99.5 Å². The number of hydrogen-bond donors (Lipinski definition) is 0. The molecular formula is C58H36N2O2. The second kappa shape index (κ2) is 13.6.